The molecule has 8 heteroatoms. The smallest absolute Gasteiger partial charge is 0.324 e. The molecule has 5 amide bonds. The van der Waals surface area contributed by atoms with E-state index in [1.165, 1.54) is 0 Å². The molecule has 0 aromatic heterocycles. The quantitative estimate of drug-likeness (QED) is 0.863. The van der Waals surface area contributed by atoms with Gasteiger partial charge in [-0.2, -0.15) is 0 Å². The van der Waals surface area contributed by atoms with E-state index in [1.807, 2.05) is 6.07 Å². The summed E-state index contributed by atoms with van der Waals surface area (Å²) in [5.74, 6) is -0.653. The number of nitrogens with zero attached hydrogens (tertiary/aromatic N) is 3. The second-order valence-corrected chi connectivity index (χ2v) is 6.52. The van der Waals surface area contributed by atoms with Crippen molar-refractivity contribution in [2.24, 2.45) is 11.7 Å². The number of primary amides is 1. The Morgan fingerprint density at radius 2 is 2.04 bits per heavy atom. The first kappa shape index (κ1) is 17.1. The highest BCUT2D eigenvalue weighted by Gasteiger charge is 2.28. The lowest BCUT2D eigenvalue weighted by molar-refractivity contribution is -0.123. The number of likely N-dealkylation sites (tertiary alicyclic amines) is 1. The molecule has 0 aliphatic carbocycles. The number of likely N-dealkylation sites (N-methyl/N-ethyl adjacent to an activating group) is 1. The minimum absolute atomic E-state index is 0.0520. The second kappa shape index (κ2) is 7.00. The number of amides is 5. The molecule has 0 spiro atoms. The number of benzene rings is 1. The number of carbonyl (C=O) groups is 3. The first-order valence-corrected chi connectivity index (χ1v) is 8.43. The van der Waals surface area contributed by atoms with E-state index in [9.17, 15) is 14.4 Å². The van der Waals surface area contributed by atoms with Crippen LogP contribution in [-0.4, -0.2) is 61.0 Å². The third kappa shape index (κ3) is 3.67. The topological polar surface area (TPSA) is 99.0 Å². The van der Waals surface area contributed by atoms with Crippen LogP contribution in [0, 0.1) is 5.92 Å². The summed E-state index contributed by atoms with van der Waals surface area (Å²) in [6.07, 6.45) is 1.48. The van der Waals surface area contributed by atoms with E-state index in [1.54, 1.807) is 39.9 Å². The number of piperidine rings is 1. The van der Waals surface area contributed by atoms with Gasteiger partial charge in [0.1, 0.15) is 0 Å². The maximum Gasteiger partial charge on any atom is 0.324 e. The summed E-state index contributed by atoms with van der Waals surface area (Å²) in [5.41, 5.74) is 6.72. The van der Waals surface area contributed by atoms with E-state index in [4.69, 9.17) is 5.73 Å². The fourth-order valence-electron chi connectivity index (χ4n) is 3.23. The molecule has 2 aliphatic rings. The molecule has 2 saturated heterocycles. The number of anilines is 2. The van der Waals surface area contributed by atoms with Gasteiger partial charge in [-0.15, -0.1) is 0 Å². The average Bonchev–Trinajstić information content (AvgIpc) is 2.94. The molecule has 8 nitrogen and oxygen atoms in total. The average molecular weight is 345 g/mol. The molecule has 2 fully saturated rings. The monoisotopic (exact) mass is 345 g/mol. The maximum atomic E-state index is 12.5. The van der Waals surface area contributed by atoms with Crippen LogP contribution in [-0.2, 0) is 4.79 Å². The van der Waals surface area contributed by atoms with Crippen molar-refractivity contribution in [2.45, 2.75) is 12.8 Å². The van der Waals surface area contributed by atoms with Crippen LogP contribution in [0.5, 0.6) is 0 Å². The highest BCUT2D eigenvalue weighted by molar-refractivity contribution is 5.96. The van der Waals surface area contributed by atoms with Gasteiger partial charge in [0.2, 0.25) is 5.91 Å². The van der Waals surface area contributed by atoms with Crippen molar-refractivity contribution in [3.05, 3.63) is 24.3 Å². The van der Waals surface area contributed by atoms with Crippen LogP contribution in [0.2, 0.25) is 0 Å². The fraction of sp³-hybridized carbons (Fsp3) is 0.471. The summed E-state index contributed by atoms with van der Waals surface area (Å²) >= 11 is 0. The molecule has 1 atom stereocenters. The molecule has 1 aromatic rings. The number of carbonyl (C=O) groups excluding carboxylic acids is 3. The van der Waals surface area contributed by atoms with Crippen LogP contribution in [0.25, 0.3) is 0 Å². The number of urea groups is 2. The van der Waals surface area contributed by atoms with Gasteiger partial charge in [-0.25, -0.2) is 9.59 Å². The Labute approximate surface area is 146 Å². The van der Waals surface area contributed by atoms with Gasteiger partial charge in [-0.3, -0.25) is 9.69 Å². The molecule has 134 valence electrons. The first-order valence-electron chi connectivity index (χ1n) is 8.43. The summed E-state index contributed by atoms with van der Waals surface area (Å²) in [4.78, 5) is 40.9. The van der Waals surface area contributed by atoms with Crippen molar-refractivity contribution in [3.8, 4) is 0 Å². The Bertz CT molecular complexity index is 693. The normalized spacial score (nSPS) is 20.8. The van der Waals surface area contributed by atoms with Gasteiger partial charge in [-0.1, -0.05) is 6.07 Å². The maximum absolute atomic E-state index is 12.5. The van der Waals surface area contributed by atoms with Crippen molar-refractivity contribution >= 4 is 29.3 Å². The molecule has 25 heavy (non-hydrogen) atoms. The summed E-state index contributed by atoms with van der Waals surface area (Å²) in [5, 5.41) is 2.84. The molecular weight excluding hydrogens is 322 g/mol. The predicted molar refractivity (Wildman–Crippen MR) is 94.3 cm³/mol. The standard InChI is InChI=1S/C17H23N5O3/c1-20-8-9-22(17(20)25)14-6-2-5-13(10-14)19-16(24)21-7-3-4-12(11-21)15(18)23/h2,5-6,10,12H,3-4,7-9,11H2,1H3,(H2,18,23)(H,19,24)/t12-/m0/s1. The van der Waals surface area contributed by atoms with Crippen LogP contribution in [0.15, 0.2) is 24.3 Å². The Hall–Kier alpha value is -2.77. The molecule has 0 bridgehead atoms. The number of nitrogens with two attached hydrogens (primary N) is 1. The highest BCUT2D eigenvalue weighted by atomic mass is 16.2. The summed E-state index contributed by atoms with van der Waals surface area (Å²) < 4.78 is 0. The molecule has 2 heterocycles. The van der Waals surface area contributed by atoms with Crippen LogP contribution in [0.1, 0.15) is 12.8 Å². The minimum Gasteiger partial charge on any atom is -0.369 e. The lowest BCUT2D eigenvalue weighted by Crippen LogP contribution is -2.45. The van der Waals surface area contributed by atoms with Crippen molar-refractivity contribution in [3.63, 3.8) is 0 Å². The predicted octanol–water partition coefficient (Wildman–Crippen LogP) is 1.29. The van der Waals surface area contributed by atoms with E-state index >= 15 is 0 Å². The van der Waals surface area contributed by atoms with E-state index in [2.05, 4.69) is 5.32 Å². The Morgan fingerprint density at radius 1 is 1.24 bits per heavy atom. The van der Waals surface area contributed by atoms with Gasteiger partial charge in [0.05, 0.1) is 5.92 Å². The fourth-order valence-corrected chi connectivity index (χ4v) is 3.23. The number of rotatable bonds is 3. The molecule has 0 unspecified atom stereocenters. The lowest BCUT2D eigenvalue weighted by atomic mass is 9.98. The van der Waals surface area contributed by atoms with Gasteiger partial charge in [0.25, 0.3) is 0 Å². The molecule has 2 aliphatic heterocycles. The number of hydrogen-bond donors (Lipinski definition) is 2. The lowest BCUT2D eigenvalue weighted by Gasteiger charge is -2.31. The highest BCUT2D eigenvalue weighted by Crippen LogP contribution is 2.24. The van der Waals surface area contributed by atoms with Crippen LogP contribution >= 0.6 is 0 Å². The zero-order valence-electron chi connectivity index (χ0n) is 14.3. The van der Waals surface area contributed by atoms with Crippen LogP contribution in [0.3, 0.4) is 0 Å². The SMILES string of the molecule is CN1CCN(c2cccc(NC(=O)N3CCC[C@H](C(N)=O)C3)c2)C1=O. The zero-order chi connectivity index (χ0) is 18.0. The van der Waals surface area contributed by atoms with Crippen molar-refractivity contribution < 1.29 is 14.4 Å². The van der Waals surface area contributed by atoms with E-state index in [0.29, 0.717) is 31.9 Å². The van der Waals surface area contributed by atoms with Gasteiger partial charge in [0.15, 0.2) is 0 Å². The van der Waals surface area contributed by atoms with Crippen molar-refractivity contribution in [1.82, 2.24) is 9.80 Å². The molecular formula is C17H23N5O3. The third-order valence-corrected chi connectivity index (χ3v) is 4.74. The minimum atomic E-state index is -0.365. The molecule has 0 saturated carbocycles. The molecule has 1 aromatic carbocycles. The van der Waals surface area contributed by atoms with Gasteiger partial charge >= 0.3 is 12.1 Å². The van der Waals surface area contributed by atoms with Crippen molar-refractivity contribution in [2.75, 3.05) is 43.4 Å². The van der Waals surface area contributed by atoms with E-state index in [-0.39, 0.29) is 23.9 Å². The van der Waals surface area contributed by atoms with Crippen LogP contribution < -0.4 is 16.0 Å². The van der Waals surface area contributed by atoms with E-state index in [0.717, 1.165) is 18.5 Å². The summed E-state index contributed by atoms with van der Waals surface area (Å²) in [6, 6.07) is 6.90. The summed E-state index contributed by atoms with van der Waals surface area (Å²) in [6.45, 7) is 2.25. The third-order valence-electron chi connectivity index (χ3n) is 4.74. The summed E-state index contributed by atoms with van der Waals surface area (Å²) in [7, 11) is 1.76. The molecule has 0 radical (unpaired) electrons. The number of nitrogens with one attached hydrogen (secondary N) is 1. The Kier molecular flexibility index (Phi) is 4.78. The second-order valence-electron chi connectivity index (χ2n) is 6.52. The largest absolute Gasteiger partial charge is 0.369 e. The van der Waals surface area contributed by atoms with Gasteiger partial charge in [-0.05, 0) is 31.0 Å². The van der Waals surface area contributed by atoms with Gasteiger partial charge < -0.3 is 20.9 Å². The Morgan fingerprint density at radius 3 is 2.72 bits per heavy atom. The Balaban J connectivity index is 1.67. The first-order chi connectivity index (χ1) is 12.0. The number of hydrogen-bond acceptors (Lipinski definition) is 3. The van der Waals surface area contributed by atoms with Crippen molar-refractivity contribution in [1.29, 1.82) is 0 Å². The zero-order valence-corrected chi connectivity index (χ0v) is 14.3. The molecule has 3 rings (SSSR count). The van der Waals surface area contributed by atoms with Gasteiger partial charge in [0, 0.05) is 44.6 Å². The van der Waals surface area contributed by atoms with Crippen LogP contribution in [0.4, 0.5) is 21.0 Å². The van der Waals surface area contributed by atoms with E-state index < -0.39 is 0 Å². The molecule has 3 N–H and O–H groups in total.